The zero-order valence-electron chi connectivity index (χ0n) is 15.7. The van der Waals surface area contributed by atoms with Gasteiger partial charge in [-0.1, -0.05) is 72.5 Å². The summed E-state index contributed by atoms with van der Waals surface area (Å²) in [6.45, 7) is 1.73. The standard InChI is InChI=1S/C25H22O2S/c1-19-18-24(13-14-25(19)27)28-17-15-21(8-5-16-26)23-11-9-22(10-12-23)20-6-3-2-4-7-20/h2-4,6-7,9-15,18,26-27H,16-17H2,1H3. The Labute approximate surface area is 170 Å². The van der Waals surface area contributed by atoms with Crippen LogP contribution in [0.5, 0.6) is 5.75 Å². The molecule has 0 saturated heterocycles. The normalized spacial score (nSPS) is 11.0. The van der Waals surface area contributed by atoms with Gasteiger partial charge in [-0.3, -0.25) is 0 Å². The zero-order chi connectivity index (χ0) is 19.8. The van der Waals surface area contributed by atoms with Gasteiger partial charge < -0.3 is 10.2 Å². The van der Waals surface area contributed by atoms with Gasteiger partial charge in [0, 0.05) is 16.2 Å². The summed E-state index contributed by atoms with van der Waals surface area (Å²) in [5.41, 5.74) is 5.14. The van der Waals surface area contributed by atoms with Crippen molar-refractivity contribution in [2.45, 2.75) is 11.8 Å². The predicted octanol–water partition coefficient (Wildman–Crippen LogP) is 5.54. The molecule has 0 heterocycles. The molecular formula is C25H22O2S. The molecule has 0 aliphatic carbocycles. The van der Waals surface area contributed by atoms with Crippen molar-refractivity contribution in [1.29, 1.82) is 0 Å². The van der Waals surface area contributed by atoms with E-state index >= 15 is 0 Å². The number of hydrogen-bond acceptors (Lipinski definition) is 3. The maximum atomic E-state index is 9.64. The van der Waals surface area contributed by atoms with E-state index in [0.29, 0.717) is 5.75 Å². The van der Waals surface area contributed by atoms with Gasteiger partial charge in [0.1, 0.15) is 12.4 Å². The summed E-state index contributed by atoms with van der Waals surface area (Å²) < 4.78 is 0. The Morgan fingerprint density at radius 1 is 0.964 bits per heavy atom. The number of aliphatic hydroxyl groups excluding tert-OH is 1. The largest absolute Gasteiger partial charge is 0.508 e. The van der Waals surface area contributed by atoms with Gasteiger partial charge >= 0.3 is 0 Å². The minimum Gasteiger partial charge on any atom is -0.508 e. The number of thioether (sulfide) groups is 1. The average molecular weight is 387 g/mol. The summed E-state index contributed by atoms with van der Waals surface area (Å²) >= 11 is 1.68. The molecule has 0 unspecified atom stereocenters. The van der Waals surface area contributed by atoms with E-state index in [1.165, 1.54) is 5.56 Å². The molecule has 0 aliphatic heterocycles. The molecule has 3 aromatic rings. The first-order valence-corrected chi connectivity index (χ1v) is 10.0. The molecule has 3 heteroatoms. The van der Waals surface area contributed by atoms with Crippen molar-refractivity contribution in [3.63, 3.8) is 0 Å². The van der Waals surface area contributed by atoms with Crippen molar-refractivity contribution in [3.8, 4) is 28.7 Å². The molecule has 0 fully saturated rings. The van der Waals surface area contributed by atoms with E-state index < -0.39 is 0 Å². The van der Waals surface area contributed by atoms with Crippen LogP contribution >= 0.6 is 11.8 Å². The highest BCUT2D eigenvalue weighted by atomic mass is 32.2. The average Bonchev–Trinajstić information content (AvgIpc) is 2.74. The van der Waals surface area contributed by atoms with Crippen LogP contribution in [0.1, 0.15) is 11.1 Å². The van der Waals surface area contributed by atoms with Crippen LogP contribution in [0.25, 0.3) is 16.7 Å². The quantitative estimate of drug-likeness (QED) is 0.447. The lowest BCUT2D eigenvalue weighted by Gasteiger charge is -2.06. The Bertz CT molecular complexity index is 1010. The van der Waals surface area contributed by atoms with Gasteiger partial charge in [0.05, 0.1) is 0 Å². The third-order valence-corrected chi connectivity index (χ3v) is 5.23. The van der Waals surface area contributed by atoms with E-state index in [2.05, 4.69) is 54.3 Å². The summed E-state index contributed by atoms with van der Waals surface area (Å²) in [7, 11) is 0. The fourth-order valence-electron chi connectivity index (χ4n) is 2.79. The van der Waals surface area contributed by atoms with Gasteiger partial charge in [-0.2, -0.15) is 0 Å². The summed E-state index contributed by atoms with van der Waals surface area (Å²) in [5, 5.41) is 18.7. The first-order valence-electron chi connectivity index (χ1n) is 9.05. The van der Waals surface area contributed by atoms with Crippen molar-refractivity contribution >= 4 is 17.3 Å². The molecule has 0 bridgehead atoms. The lowest BCUT2D eigenvalue weighted by Crippen LogP contribution is -1.86. The van der Waals surface area contributed by atoms with Crippen LogP contribution in [0.2, 0.25) is 0 Å². The molecule has 2 nitrogen and oxygen atoms in total. The molecular weight excluding hydrogens is 364 g/mol. The number of rotatable bonds is 5. The Hall–Kier alpha value is -2.93. The zero-order valence-corrected chi connectivity index (χ0v) is 16.5. The van der Waals surface area contributed by atoms with E-state index in [9.17, 15) is 5.11 Å². The van der Waals surface area contributed by atoms with Gasteiger partial charge in [-0.15, -0.1) is 11.8 Å². The molecule has 0 amide bonds. The highest BCUT2D eigenvalue weighted by molar-refractivity contribution is 7.99. The van der Waals surface area contributed by atoms with Crippen LogP contribution in [-0.2, 0) is 0 Å². The number of phenols is 1. The molecule has 0 spiro atoms. The molecule has 0 aliphatic rings. The summed E-state index contributed by atoms with van der Waals surface area (Å²) in [5.74, 6) is 6.88. The number of benzene rings is 3. The Balaban J connectivity index is 1.77. The molecule has 140 valence electrons. The van der Waals surface area contributed by atoms with Crippen LogP contribution in [-0.4, -0.2) is 22.6 Å². The molecule has 28 heavy (non-hydrogen) atoms. The topological polar surface area (TPSA) is 40.5 Å². The van der Waals surface area contributed by atoms with Crippen LogP contribution in [0.15, 0.2) is 83.8 Å². The first kappa shape index (κ1) is 19.8. The Morgan fingerprint density at radius 3 is 2.36 bits per heavy atom. The first-order chi connectivity index (χ1) is 13.7. The SMILES string of the molecule is Cc1cc(SCC=C(C#CCO)c2ccc(-c3ccccc3)cc2)ccc1O. The van der Waals surface area contributed by atoms with Crippen molar-refractivity contribution in [3.05, 3.63) is 90.0 Å². The lowest BCUT2D eigenvalue weighted by atomic mass is 10.0. The van der Waals surface area contributed by atoms with Crippen molar-refractivity contribution in [2.75, 3.05) is 12.4 Å². The van der Waals surface area contributed by atoms with Gasteiger partial charge in [0.25, 0.3) is 0 Å². The van der Waals surface area contributed by atoms with E-state index in [1.54, 1.807) is 17.8 Å². The monoisotopic (exact) mass is 386 g/mol. The number of aliphatic hydroxyl groups is 1. The fraction of sp³-hybridized carbons (Fsp3) is 0.120. The Kier molecular flexibility index (Phi) is 6.97. The van der Waals surface area contributed by atoms with Crippen LogP contribution in [0.4, 0.5) is 0 Å². The molecule has 3 aromatic carbocycles. The highest BCUT2D eigenvalue weighted by Crippen LogP contribution is 2.26. The number of allylic oxidation sites excluding steroid dienone is 1. The van der Waals surface area contributed by atoms with Gasteiger partial charge in [0.2, 0.25) is 0 Å². The minimum absolute atomic E-state index is 0.163. The van der Waals surface area contributed by atoms with Crippen molar-refractivity contribution in [1.82, 2.24) is 0 Å². The predicted molar refractivity (Wildman–Crippen MR) is 118 cm³/mol. The molecule has 2 N–H and O–H groups in total. The fourth-order valence-corrected chi connectivity index (χ4v) is 3.65. The van der Waals surface area contributed by atoms with Crippen LogP contribution < -0.4 is 0 Å². The van der Waals surface area contributed by atoms with Crippen molar-refractivity contribution < 1.29 is 10.2 Å². The minimum atomic E-state index is -0.163. The number of hydrogen-bond donors (Lipinski definition) is 2. The number of phenolic OH excluding ortho intramolecular Hbond substituents is 1. The van der Waals surface area contributed by atoms with Gasteiger partial charge in [-0.25, -0.2) is 0 Å². The van der Waals surface area contributed by atoms with Gasteiger partial charge in [-0.05, 0) is 47.4 Å². The second-order valence-corrected chi connectivity index (χ2v) is 7.37. The van der Waals surface area contributed by atoms with E-state index in [0.717, 1.165) is 32.9 Å². The molecule has 0 radical (unpaired) electrons. The Morgan fingerprint density at radius 2 is 1.68 bits per heavy atom. The summed E-state index contributed by atoms with van der Waals surface area (Å²) in [6, 6.07) is 24.2. The van der Waals surface area contributed by atoms with E-state index in [4.69, 9.17) is 5.11 Å². The van der Waals surface area contributed by atoms with Crippen LogP contribution in [0, 0.1) is 18.8 Å². The van der Waals surface area contributed by atoms with Crippen molar-refractivity contribution in [2.24, 2.45) is 0 Å². The summed E-state index contributed by atoms with van der Waals surface area (Å²) in [6.07, 6.45) is 2.08. The smallest absolute Gasteiger partial charge is 0.118 e. The number of aromatic hydroxyl groups is 1. The lowest BCUT2D eigenvalue weighted by molar-refractivity contribution is 0.350. The second-order valence-electron chi connectivity index (χ2n) is 6.28. The molecule has 3 rings (SSSR count). The third-order valence-electron chi connectivity index (χ3n) is 4.31. The van der Waals surface area contributed by atoms with E-state index in [1.807, 2.05) is 37.3 Å². The maximum Gasteiger partial charge on any atom is 0.118 e. The molecule has 0 atom stereocenters. The highest BCUT2D eigenvalue weighted by Gasteiger charge is 2.02. The van der Waals surface area contributed by atoms with Crippen LogP contribution in [0.3, 0.4) is 0 Å². The summed E-state index contributed by atoms with van der Waals surface area (Å²) in [4.78, 5) is 1.10. The number of aryl methyl sites for hydroxylation is 1. The maximum absolute atomic E-state index is 9.64. The second kappa shape index (κ2) is 9.85. The molecule has 0 aromatic heterocycles. The molecule has 0 saturated carbocycles. The van der Waals surface area contributed by atoms with E-state index in [-0.39, 0.29) is 6.61 Å². The van der Waals surface area contributed by atoms with Gasteiger partial charge in [0.15, 0.2) is 0 Å². The third kappa shape index (κ3) is 5.29.